The van der Waals surface area contributed by atoms with Gasteiger partial charge in [-0.1, -0.05) is 97.1 Å². The van der Waals surface area contributed by atoms with Crippen molar-refractivity contribution in [3.63, 3.8) is 0 Å². The summed E-state index contributed by atoms with van der Waals surface area (Å²) in [6.45, 7) is 0. The summed E-state index contributed by atoms with van der Waals surface area (Å²) in [6, 6.07) is 57.3. The predicted octanol–water partition coefficient (Wildman–Crippen LogP) is 11.2. The zero-order valence-electron chi connectivity index (χ0n) is 24.3. The summed E-state index contributed by atoms with van der Waals surface area (Å²) in [7, 11) is 0. The maximum atomic E-state index is 6.43. The van der Waals surface area contributed by atoms with Gasteiger partial charge in [0.25, 0.3) is 0 Å². The second kappa shape index (κ2) is 10.2. The average molecular weight is 578 g/mol. The highest BCUT2D eigenvalue weighted by Crippen LogP contribution is 2.43. The van der Waals surface area contributed by atoms with Crippen LogP contribution in [-0.2, 0) is 0 Å². The van der Waals surface area contributed by atoms with Gasteiger partial charge in [-0.3, -0.25) is 0 Å². The molecule has 45 heavy (non-hydrogen) atoms. The van der Waals surface area contributed by atoms with E-state index in [1.165, 1.54) is 21.8 Å². The van der Waals surface area contributed by atoms with E-state index < -0.39 is 0 Å². The van der Waals surface area contributed by atoms with Gasteiger partial charge >= 0.3 is 0 Å². The molecule has 2 aromatic heterocycles. The van der Waals surface area contributed by atoms with E-state index in [1.54, 1.807) is 0 Å². The average Bonchev–Trinajstić information content (AvgIpc) is 3.70. The minimum atomic E-state index is 0.620. The largest absolute Gasteiger partial charge is 0.436 e. The Kier molecular flexibility index (Phi) is 5.78. The molecule has 212 valence electrons. The Bertz CT molecular complexity index is 2420. The van der Waals surface area contributed by atoms with Gasteiger partial charge < -0.3 is 13.9 Å². The molecule has 0 saturated carbocycles. The van der Waals surface area contributed by atoms with Crippen LogP contribution in [-0.4, -0.2) is 9.55 Å². The highest BCUT2D eigenvalue weighted by molar-refractivity contribution is 6.12. The van der Waals surface area contributed by atoms with E-state index in [9.17, 15) is 0 Å². The van der Waals surface area contributed by atoms with E-state index in [1.807, 2.05) is 30.3 Å². The van der Waals surface area contributed by atoms with Gasteiger partial charge in [0.15, 0.2) is 5.58 Å². The van der Waals surface area contributed by atoms with Crippen molar-refractivity contribution in [2.75, 3.05) is 4.90 Å². The van der Waals surface area contributed by atoms with Crippen molar-refractivity contribution < 1.29 is 4.42 Å². The molecule has 0 atom stereocenters. The molecule has 7 aromatic carbocycles. The molecule has 0 bridgehead atoms. The van der Waals surface area contributed by atoms with Crippen LogP contribution in [0.15, 0.2) is 168 Å². The molecule has 0 aliphatic carbocycles. The summed E-state index contributed by atoms with van der Waals surface area (Å²) < 4.78 is 8.78. The number of nitrogens with zero attached hydrogens (tertiary/aromatic N) is 3. The van der Waals surface area contributed by atoms with E-state index in [-0.39, 0.29) is 0 Å². The fraction of sp³-hybridized carbons (Fsp3) is 0. The van der Waals surface area contributed by atoms with Gasteiger partial charge in [-0.05, 0) is 60.7 Å². The normalized spacial score (nSPS) is 11.6. The fourth-order valence-electron chi connectivity index (χ4n) is 6.58. The summed E-state index contributed by atoms with van der Waals surface area (Å²) >= 11 is 0. The second-order valence-electron chi connectivity index (χ2n) is 11.2. The molecule has 0 saturated heterocycles. The van der Waals surface area contributed by atoms with Gasteiger partial charge in [-0.15, -0.1) is 0 Å². The Morgan fingerprint density at radius 1 is 0.489 bits per heavy atom. The summed E-state index contributed by atoms with van der Waals surface area (Å²) in [5.74, 6) is 0.620. The lowest BCUT2D eigenvalue weighted by molar-refractivity contribution is 0.620. The molecule has 9 aromatic rings. The summed E-state index contributed by atoms with van der Waals surface area (Å²) in [4.78, 5) is 7.27. The van der Waals surface area contributed by atoms with E-state index in [0.29, 0.717) is 5.89 Å². The fourth-order valence-corrected chi connectivity index (χ4v) is 6.58. The van der Waals surface area contributed by atoms with Crippen LogP contribution >= 0.6 is 0 Å². The molecule has 0 N–H and O–H groups in total. The summed E-state index contributed by atoms with van der Waals surface area (Å²) in [5.41, 5.74) is 9.24. The van der Waals surface area contributed by atoms with E-state index >= 15 is 0 Å². The summed E-state index contributed by atoms with van der Waals surface area (Å²) in [6.07, 6.45) is 0. The lowest BCUT2D eigenvalue weighted by atomic mass is 10.0. The Balaban J connectivity index is 1.24. The van der Waals surface area contributed by atoms with Crippen molar-refractivity contribution in [1.82, 2.24) is 9.55 Å². The van der Waals surface area contributed by atoms with E-state index in [4.69, 9.17) is 9.40 Å². The number of aromatic nitrogens is 2. The van der Waals surface area contributed by atoms with Crippen LogP contribution in [0.25, 0.3) is 60.8 Å². The van der Waals surface area contributed by atoms with Crippen LogP contribution in [0.3, 0.4) is 0 Å². The highest BCUT2D eigenvalue weighted by Gasteiger charge is 2.21. The number of hydrogen-bond acceptors (Lipinski definition) is 3. The first-order chi connectivity index (χ1) is 22.3. The first kappa shape index (κ1) is 25.4. The predicted molar refractivity (Wildman–Crippen MR) is 186 cm³/mol. The Morgan fingerprint density at radius 3 is 1.69 bits per heavy atom. The number of fused-ring (bicyclic) bond motifs is 6. The van der Waals surface area contributed by atoms with Crippen molar-refractivity contribution in [3.8, 4) is 17.1 Å². The van der Waals surface area contributed by atoms with Crippen molar-refractivity contribution in [2.45, 2.75) is 0 Å². The molecule has 0 radical (unpaired) electrons. The van der Waals surface area contributed by atoms with Crippen molar-refractivity contribution in [1.29, 1.82) is 0 Å². The molecular formula is C41H27N3O. The monoisotopic (exact) mass is 577 g/mol. The van der Waals surface area contributed by atoms with Gasteiger partial charge in [-0.2, -0.15) is 0 Å². The first-order valence-corrected chi connectivity index (χ1v) is 15.1. The lowest BCUT2D eigenvalue weighted by Crippen LogP contribution is -2.10. The van der Waals surface area contributed by atoms with Crippen LogP contribution in [0, 0.1) is 0 Å². The van der Waals surface area contributed by atoms with Gasteiger partial charge in [0, 0.05) is 50.2 Å². The van der Waals surface area contributed by atoms with E-state index in [2.05, 4.69) is 143 Å². The molecule has 9 rings (SSSR count). The smallest absolute Gasteiger partial charge is 0.227 e. The van der Waals surface area contributed by atoms with Crippen LogP contribution in [0.1, 0.15) is 0 Å². The number of hydrogen-bond donors (Lipinski definition) is 0. The molecule has 0 unspecified atom stereocenters. The number of rotatable bonds is 5. The minimum Gasteiger partial charge on any atom is -0.436 e. The quantitative estimate of drug-likeness (QED) is 0.204. The molecule has 4 heteroatoms. The minimum absolute atomic E-state index is 0.620. The van der Waals surface area contributed by atoms with Crippen molar-refractivity contribution in [2.24, 2.45) is 0 Å². The van der Waals surface area contributed by atoms with Crippen molar-refractivity contribution in [3.05, 3.63) is 164 Å². The topological polar surface area (TPSA) is 34.2 Å². The van der Waals surface area contributed by atoms with Gasteiger partial charge in [-0.25, -0.2) is 4.98 Å². The van der Waals surface area contributed by atoms with Crippen LogP contribution in [0.5, 0.6) is 0 Å². The third kappa shape index (κ3) is 4.11. The van der Waals surface area contributed by atoms with Crippen molar-refractivity contribution >= 4 is 60.7 Å². The first-order valence-electron chi connectivity index (χ1n) is 15.1. The maximum absolute atomic E-state index is 6.43. The molecule has 4 nitrogen and oxygen atoms in total. The highest BCUT2D eigenvalue weighted by atomic mass is 16.3. The van der Waals surface area contributed by atoms with Gasteiger partial charge in [0.1, 0.15) is 5.52 Å². The number of benzene rings is 7. The van der Waals surface area contributed by atoms with Crippen LogP contribution in [0.2, 0.25) is 0 Å². The molecular weight excluding hydrogens is 550 g/mol. The third-order valence-corrected chi connectivity index (χ3v) is 8.60. The van der Waals surface area contributed by atoms with Gasteiger partial charge in [0.2, 0.25) is 5.89 Å². The zero-order chi connectivity index (χ0) is 29.7. The lowest BCUT2D eigenvalue weighted by Gasteiger charge is -2.27. The Morgan fingerprint density at radius 2 is 1.02 bits per heavy atom. The Hall–Kier alpha value is -6.13. The number of anilines is 3. The third-order valence-electron chi connectivity index (χ3n) is 8.60. The van der Waals surface area contributed by atoms with Gasteiger partial charge in [0.05, 0.1) is 16.7 Å². The molecule has 0 aliphatic heterocycles. The van der Waals surface area contributed by atoms with Crippen LogP contribution < -0.4 is 4.90 Å². The number of para-hydroxylation sites is 3. The molecule has 0 amide bonds. The van der Waals surface area contributed by atoms with Crippen LogP contribution in [0.4, 0.5) is 17.1 Å². The van der Waals surface area contributed by atoms with E-state index in [0.717, 1.165) is 50.2 Å². The standard InChI is InChI=1S/C41H27N3O/c1-3-13-28(14-4-1)41-42-40-35-20-8-7-19-34(35)38(27-39(40)45-41)43(29-15-5-2-6-16-29)30-23-25-31(26-24-30)44-36-21-11-9-17-32(36)33-18-10-12-22-37(33)44/h1-27H. The zero-order valence-corrected chi connectivity index (χ0v) is 24.3. The Labute approximate surface area is 260 Å². The molecule has 0 fully saturated rings. The second-order valence-corrected chi connectivity index (χ2v) is 11.2. The SMILES string of the molecule is c1ccc(-c2nc3c(cc(N(c4ccccc4)c4ccc(-n5c6ccccc6c6ccccc65)cc4)c4ccccc43)o2)cc1. The molecule has 0 aliphatic rings. The molecule has 0 spiro atoms. The molecule has 2 heterocycles. The maximum Gasteiger partial charge on any atom is 0.227 e. The number of oxazole rings is 1. The summed E-state index contributed by atoms with van der Waals surface area (Å²) in [5, 5.41) is 4.67.